The van der Waals surface area contributed by atoms with Gasteiger partial charge in [0.25, 0.3) is 0 Å². The number of rotatable bonds is 5. The topological polar surface area (TPSA) is 66.5 Å². The second kappa shape index (κ2) is 5.82. The smallest absolute Gasteiger partial charge is 0.236 e. The van der Waals surface area contributed by atoms with E-state index in [1.807, 2.05) is 13.8 Å². The molecule has 1 atom stereocenters. The molecule has 1 heterocycles. The number of likely N-dealkylation sites (N-methyl/N-ethyl adjacent to an activating group) is 1. The maximum Gasteiger partial charge on any atom is 0.236 e. The fraction of sp³-hybridized carbons (Fsp3) is 0.909. The first kappa shape index (κ1) is 14.4. The molecule has 1 fully saturated rings. The molecule has 0 aromatic heterocycles. The first-order chi connectivity index (χ1) is 7.82. The summed E-state index contributed by atoms with van der Waals surface area (Å²) in [4.78, 5) is 13.3. The third kappa shape index (κ3) is 4.63. The monoisotopic (exact) mass is 262 g/mol. The Morgan fingerprint density at radius 3 is 2.59 bits per heavy atom. The van der Waals surface area contributed by atoms with E-state index in [4.69, 9.17) is 0 Å². The predicted molar refractivity (Wildman–Crippen MR) is 67.5 cm³/mol. The van der Waals surface area contributed by atoms with Gasteiger partial charge in [0.05, 0.1) is 18.1 Å². The van der Waals surface area contributed by atoms with Crippen LogP contribution in [0.15, 0.2) is 0 Å². The summed E-state index contributed by atoms with van der Waals surface area (Å²) >= 11 is 0. The maximum absolute atomic E-state index is 11.6. The van der Waals surface area contributed by atoms with E-state index in [9.17, 15) is 13.2 Å². The second-order valence-electron chi connectivity index (χ2n) is 5.00. The Kier molecular flexibility index (Phi) is 4.94. The number of nitrogens with one attached hydrogen (secondary N) is 1. The van der Waals surface area contributed by atoms with Crippen molar-refractivity contribution in [2.75, 3.05) is 31.6 Å². The van der Waals surface area contributed by atoms with Crippen molar-refractivity contribution in [2.45, 2.75) is 26.3 Å². The average molecular weight is 262 g/mol. The van der Waals surface area contributed by atoms with E-state index in [2.05, 4.69) is 5.32 Å². The normalized spacial score (nSPS) is 22.9. The van der Waals surface area contributed by atoms with E-state index in [1.165, 1.54) is 0 Å². The highest BCUT2D eigenvalue weighted by Gasteiger charge is 2.27. The fourth-order valence-corrected chi connectivity index (χ4v) is 3.69. The van der Waals surface area contributed by atoms with Gasteiger partial charge in [0.2, 0.25) is 5.91 Å². The lowest BCUT2D eigenvalue weighted by molar-refractivity contribution is -0.130. The van der Waals surface area contributed by atoms with Crippen LogP contribution in [0.3, 0.4) is 0 Å². The summed E-state index contributed by atoms with van der Waals surface area (Å²) in [5.74, 6) is 0.755. The number of carbonyl (C=O) groups is 1. The van der Waals surface area contributed by atoms with Gasteiger partial charge in [0, 0.05) is 13.1 Å². The van der Waals surface area contributed by atoms with Crippen LogP contribution >= 0.6 is 0 Å². The van der Waals surface area contributed by atoms with Gasteiger partial charge in [0.15, 0.2) is 9.84 Å². The Morgan fingerprint density at radius 2 is 2.12 bits per heavy atom. The lowest BCUT2D eigenvalue weighted by Crippen LogP contribution is -2.40. The molecule has 5 nitrogen and oxygen atoms in total. The van der Waals surface area contributed by atoms with Crippen molar-refractivity contribution in [3.05, 3.63) is 0 Å². The van der Waals surface area contributed by atoms with Crippen LogP contribution < -0.4 is 5.32 Å². The number of hydrogen-bond donors (Lipinski definition) is 1. The van der Waals surface area contributed by atoms with Crippen LogP contribution in [0.1, 0.15) is 20.3 Å². The number of sulfone groups is 1. The van der Waals surface area contributed by atoms with Crippen LogP contribution in [0.4, 0.5) is 0 Å². The summed E-state index contributed by atoms with van der Waals surface area (Å²) in [5, 5.41) is 3.04. The summed E-state index contributed by atoms with van der Waals surface area (Å²) in [7, 11) is -1.04. The van der Waals surface area contributed by atoms with Gasteiger partial charge in [-0.3, -0.25) is 4.79 Å². The van der Waals surface area contributed by atoms with Crippen molar-refractivity contribution in [1.82, 2.24) is 10.2 Å². The quantitative estimate of drug-likeness (QED) is 0.750. The van der Waals surface area contributed by atoms with Crippen molar-refractivity contribution in [3.8, 4) is 0 Å². The third-order valence-electron chi connectivity index (χ3n) is 3.20. The van der Waals surface area contributed by atoms with Crippen LogP contribution in [0, 0.1) is 5.92 Å². The van der Waals surface area contributed by atoms with Gasteiger partial charge in [-0.15, -0.1) is 0 Å². The molecule has 1 rings (SSSR count). The number of hydrogen-bond acceptors (Lipinski definition) is 4. The molecule has 1 aliphatic heterocycles. The molecule has 0 bridgehead atoms. The minimum Gasteiger partial charge on any atom is -0.342 e. The maximum atomic E-state index is 11.6. The zero-order valence-electron chi connectivity index (χ0n) is 10.8. The van der Waals surface area contributed by atoms with Crippen LogP contribution in [-0.2, 0) is 14.6 Å². The van der Waals surface area contributed by atoms with Gasteiger partial charge in [-0.25, -0.2) is 8.42 Å². The van der Waals surface area contributed by atoms with Crippen LogP contribution in [0.5, 0.6) is 0 Å². The van der Waals surface area contributed by atoms with E-state index in [1.54, 1.807) is 11.9 Å². The molecule has 100 valence electrons. The third-order valence-corrected chi connectivity index (χ3v) is 5.04. The molecule has 1 aliphatic rings. The van der Waals surface area contributed by atoms with E-state index in [0.29, 0.717) is 18.7 Å². The molecule has 0 spiro atoms. The Hall–Kier alpha value is -0.620. The minimum absolute atomic E-state index is 0.0425. The highest BCUT2D eigenvalue weighted by atomic mass is 32.2. The molecule has 1 saturated heterocycles. The Labute approximate surface area is 103 Å². The summed E-state index contributed by atoms with van der Waals surface area (Å²) in [6.45, 7) is 4.81. The van der Waals surface area contributed by atoms with Crippen molar-refractivity contribution < 1.29 is 13.2 Å². The zero-order valence-corrected chi connectivity index (χ0v) is 11.6. The molecule has 1 amide bonds. The summed E-state index contributed by atoms with van der Waals surface area (Å²) in [6.07, 6.45) is 0.712. The Balaban J connectivity index is 2.23. The SMILES string of the molecule is CC(C)N(C)C(=O)CNCC1CCS(=O)(=O)C1. The lowest BCUT2D eigenvalue weighted by Gasteiger charge is -2.22. The standard InChI is InChI=1S/C11H22N2O3S/c1-9(2)13(3)11(14)7-12-6-10-4-5-17(15,16)8-10/h9-10,12H,4-8H2,1-3H3. The molecule has 1 unspecified atom stereocenters. The van der Waals surface area contributed by atoms with Gasteiger partial charge in [0.1, 0.15) is 0 Å². The van der Waals surface area contributed by atoms with Gasteiger partial charge < -0.3 is 10.2 Å². The van der Waals surface area contributed by atoms with Crippen molar-refractivity contribution >= 4 is 15.7 Å². The number of carbonyl (C=O) groups excluding carboxylic acids is 1. The van der Waals surface area contributed by atoms with Gasteiger partial charge >= 0.3 is 0 Å². The van der Waals surface area contributed by atoms with Crippen molar-refractivity contribution in [2.24, 2.45) is 5.92 Å². The van der Waals surface area contributed by atoms with Crippen LogP contribution in [0.2, 0.25) is 0 Å². The molecule has 0 aliphatic carbocycles. The highest BCUT2D eigenvalue weighted by Crippen LogP contribution is 2.17. The van der Waals surface area contributed by atoms with E-state index in [-0.39, 0.29) is 30.2 Å². The molecule has 0 aromatic carbocycles. The predicted octanol–water partition coefficient (Wildman–Crippen LogP) is -0.122. The second-order valence-corrected chi connectivity index (χ2v) is 7.23. The van der Waals surface area contributed by atoms with Crippen molar-refractivity contribution in [1.29, 1.82) is 0 Å². The fourth-order valence-electron chi connectivity index (χ4n) is 1.83. The van der Waals surface area contributed by atoms with Gasteiger partial charge in [-0.1, -0.05) is 0 Å². The highest BCUT2D eigenvalue weighted by molar-refractivity contribution is 7.91. The van der Waals surface area contributed by atoms with Gasteiger partial charge in [-0.2, -0.15) is 0 Å². The Morgan fingerprint density at radius 1 is 1.47 bits per heavy atom. The van der Waals surface area contributed by atoms with Crippen LogP contribution in [-0.4, -0.2) is 56.9 Å². The average Bonchev–Trinajstić information content (AvgIpc) is 2.56. The molecular formula is C11H22N2O3S. The largest absolute Gasteiger partial charge is 0.342 e. The van der Waals surface area contributed by atoms with Gasteiger partial charge in [-0.05, 0) is 32.7 Å². The zero-order chi connectivity index (χ0) is 13.1. The minimum atomic E-state index is -2.81. The molecule has 0 radical (unpaired) electrons. The van der Waals surface area contributed by atoms with E-state index >= 15 is 0 Å². The number of nitrogens with zero attached hydrogens (tertiary/aromatic N) is 1. The first-order valence-corrected chi connectivity index (χ1v) is 7.81. The molecule has 0 aromatic rings. The molecule has 17 heavy (non-hydrogen) atoms. The van der Waals surface area contributed by atoms with E-state index in [0.717, 1.165) is 0 Å². The molecule has 6 heteroatoms. The lowest BCUT2D eigenvalue weighted by atomic mass is 10.1. The number of amides is 1. The molecule has 0 saturated carbocycles. The first-order valence-electron chi connectivity index (χ1n) is 5.98. The van der Waals surface area contributed by atoms with Crippen LogP contribution in [0.25, 0.3) is 0 Å². The molecule has 1 N–H and O–H groups in total. The van der Waals surface area contributed by atoms with Crippen molar-refractivity contribution in [3.63, 3.8) is 0 Å². The summed E-state index contributed by atoms with van der Waals surface area (Å²) in [6, 6.07) is 0.191. The van der Waals surface area contributed by atoms with E-state index < -0.39 is 9.84 Å². The molecular weight excluding hydrogens is 240 g/mol. The summed E-state index contributed by atoms with van der Waals surface area (Å²) < 4.78 is 22.5. The Bertz CT molecular complexity index is 365. The summed E-state index contributed by atoms with van der Waals surface area (Å²) in [5.41, 5.74) is 0.